The zero-order valence-electron chi connectivity index (χ0n) is 16.8. The molecule has 1 saturated heterocycles. The van der Waals surface area contributed by atoms with Gasteiger partial charge in [-0.05, 0) is 50.7 Å². The SMILES string of the molecule is Cc1ccc2c(c1)c(NCC(=O)NC1CN(C3CCC(CO)CC3)C1)nn2C. The van der Waals surface area contributed by atoms with Crippen LogP contribution in [-0.4, -0.2) is 64.0 Å². The van der Waals surface area contributed by atoms with Crippen LogP contribution in [0, 0.1) is 12.8 Å². The molecule has 1 aromatic carbocycles. The summed E-state index contributed by atoms with van der Waals surface area (Å²) in [5.74, 6) is 1.26. The van der Waals surface area contributed by atoms with Crippen molar-refractivity contribution in [1.82, 2.24) is 20.0 Å². The summed E-state index contributed by atoms with van der Waals surface area (Å²) in [5, 5.41) is 21.1. The number of likely N-dealkylation sites (tertiary alicyclic amines) is 1. The number of fused-ring (bicyclic) bond motifs is 1. The van der Waals surface area contributed by atoms with E-state index in [-0.39, 0.29) is 18.5 Å². The van der Waals surface area contributed by atoms with Gasteiger partial charge in [0.25, 0.3) is 0 Å². The molecule has 2 fully saturated rings. The van der Waals surface area contributed by atoms with Gasteiger partial charge in [-0.2, -0.15) is 5.10 Å². The van der Waals surface area contributed by atoms with Crippen LogP contribution >= 0.6 is 0 Å². The summed E-state index contributed by atoms with van der Waals surface area (Å²) in [5.41, 5.74) is 2.23. The van der Waals surface area contributed by atoms with Gasteiger partial charge in [-0.1, -0.05) is 11.6 Å². The molecule has 28 heavy (non-hydrogen) atoms. The van der Waals surface area contributed by atoms with Gasteiger partial charge in [0, 0.05) is 38.2 Å². The van der Waals surface area contributed by atoms with Gasteiger partial charge in [-0.25, -0.2) is 0 Å². The van der Waals surface area contributed by atoms with Crippen LogP contribution in [0.4, 0.5) is 5.82 Å². The van der Waals surface area contributed by atoms with E-state index in [0.717, 1.165) is 42.7 Å². The van der Waals surface area contributed by atoms with Crippen LogP contribution < -0.4 is 10.6 Å². The smallest absolute Gasteiger partial charge is 0.239 e. The molecule has 0 atom stereocenters. The van der Waals surface area contributed by atoms with Gasteiger partial charge >= 0.3 is 0 Å². The number of aliphatic hydroxyl groups excluding tert-OH is 1. The maximum absolute atomic E-state index is 12.3. The van der Waals surface area contributed by atoms with Crippen LogP contribution in [0.5, 0.6) is 0 Å². The first-order valence-electron chi connectivity index (χ1n) is 10.3. The van der Waals surface area contributed by atoms with Crippen LogP contribution in [0.3, 0.4) is 0 Å². The molecule has 2 heterocycles. The minimum atomic E-state index is 0.0140. The molecule has 152 valence electrons. The van der Waals surface area contributed by atoms with Crippen LogP contribution in [-0.2, 0) is 11.8 Å². The van der Waals surface area contributed by atoms with Crippen LogP contribution in [0.2, 0.25) is 0 Å². The number of carbonyl (C=O) groups is 1. The summed E-state index contributed by atoms with van der Waals surface area (Å²) in [6, 6.07) is 7.08. The van der Waals surface area contributed by atoms with E-state index in [1.54, 1.807) is 0 Å². The van der Waals surface area contributed by atoms with E-state index in [4.69, 9.17) is 0 Å². The van der Waals surface area contributed by atoms with Gasteiger partial charge in [-0.15, -0.1) is 0 Å². The number of nitrogens with zero attached hydrogens (tertiary/aromatic N) is 3. The number of aromatic nitrogens is 2. The quantitative estimate of drug-likeness (QED) is 0.704. The summed E-state index contributed by atoms with van der Waals surface area (Å²) in [4.78, 5) is 14.8. The van der Waals surface area contributed by atoms with Crippen LogP contribution in [0.1, 0.15) is 31.2 Å². The lowest BCUT2D eigenvalue weighted by Gasteiger charge is -2.46. The second kappa shape index (κ2) is 8.09. The monoisotopic (exact) mass is 385 g/mol. The Kier molecular flexibility index (Phi) is 5.55. The van der Waals surface area contributed by atoms with Crippen molar-refractivity contribution in [2.45, 2.75) is 44.7 Å². The summed E-state index contributed by atoms with van der Waals surface area (Å²) in [6.07, 6.45) is 4.57. The first kappa shape index (κ1) is 19.2. The average Bonchev–Trinajstić information content (AvgIpc) is 2.98. The number of hydrogen-bond acceptors (Lipinski definition) is 5. The van der Waals surface area contributed by atoms with Crippen molar-refractivity contribution in [3.63, 3.8) is 0 Å². The molecular formula is C21H31N5O2. The van der Waals surface area contributed by atoms with E-state index < -0.39 is 0 Å². The van der Waals surface area contributed by atoms with Crippen molar-refractivity contribution in [3.05, 3.63) is 23.8 Å². The summed E-state index contributed by atoms with van der Waals surface area (Å²) in [7, 11) is 1.92. The molecule has 0 unspecified atom stereocenters. The number of aryl methyl sites for hydroxylation is 2. The highest BCUT2D eigenvalue weighted by molar-refractivity contribution is 5.92. The second-order valence-corrected chi connectivity index (χ2v) is 8.42. The van der Waals surface area contributed by atoms with Crippen molar-refractivity contribution < 1.29 is 9.90 Å². The lowest BCUT2D eigenvalue weighted by molar-refractivity contribution is -0.121. The molecular weight excluding hydrogens is 354 g/mol. The Morgan fingerprint density at radius 1 is 1.25 bits per heavy atom. The van der Waals surface area contributed by atoms with Crippen molar-refractivity contribution in [1.29, 1.82) is 0 Å². The fourth-order valence-electron chi connectivity index (χ4n) is 4.55. The second-order valence-electron chi connectivity index (χ2n) is 8.42. The molecule has 4 rings (SSSR count). The predicted octanol–water partition coefficient (Wildman–Crippen LogP) is 1.65. The zero-order chi connectivity index (χ0) is 19.7. The Labute approximate surface area is 166 Å². The fourth-order valence-corrected chi connectivity index (χ4v) is 4.55. The molecule has 3 N–H and O–H groups in total. The summed E-state index contributed by atoms with van der Waals surface area (Å²) < 4.78 is 1.84. The molecule has 1 saturated carbocycles. The first-order chi connectivity index (χ1) is 13.5. The van der Waals surface area contributed by atoms with E-state index in [1.807, 2.05) is 11.7 Å². The van der Waals surface area contributed by atoms with E-state index in [9.17, 15) is 9.90 Å². The average molecular weight is 386 g/mol. The number of amides is 1. The van der Waals surface area contributed by atoms with Gasteiger partial charge in [0.05, 0.1) is 18.1 Å². The Morgan fingerprint density at radius 2 is 2.00 bits per heavy atom. The Hall–Kier alpha value is -2.12. The van der Waals surface area contributed by atoms with Gasteiger partial charge in [0.1, 0.15) is 0 Å². The summed E-state index contributed by atoms with van der Waals surface area (Å²) >= 11 is 0. The minimum Gasteiger partial charge on any atom is -0.396 e. The molecule has 1 aromatic heterocycles. The topological polar surface area (TPSA) is 82.4 Å². The number of benzene rings is 1. The normalized spacial score (nSPS) is 23.5. The number of aliphatic hydroxyl groups is 1. The van der Waals surface area contributed by atoms with Gasteiger partial charge in [0.15, 0.2) is 5.82 Å². The fraction of sp³-hybridized carbons (Fsp3) is 0.619. The molecule has 0 radical (unpaired) electrons. The highest BCUT2D eigenvalue weighted by Gasteiger charge is 2.34. The molecule has 2 aliphatic rings. The number of anilines is 1. The van der Waals surface area contributed by atoms with Crippen molar-refractivity contribution in [2.24, 2.45) is 13.0 Å². The third-order valence-corrected chi connectivity index (χ3v) is 6.29. The zero-order valence-corrected chi connectivity index (χ0v) is 16.8. The molecule has 7 heteroatoms. The lowest BCUT2D eigenvalue weighted by atomic mass is 9.84. The maximum Gasteiger partial charge on any atom is 0.239 e. The number of rotatable bonds is 6. The molecule has 1 aliphatic heterocycles. The van der Waals surface area contributed by atoms with Gasteiger partial charge in [0.2, 0.25) is 5.91 Å². The molecule has 0 spiro atoms. The highest BCUT2D eigenvalue weighted by atomic mass is 16.3. The first-order valence-corrected chi connectivity index (χ1v) is 10.3. The van der Waals surface area contributed by atoms with Crippen LogP contribution in [0.25, 0.3) is 10.9 Å². The van der Waals surface area contributed by atoms with Gasteiger partial charge < -0.3 is 15.7 Å². The third kappa shape index (κ3) is 4.00. The summed E-state index contributed by atoms with van der Waals surface area (Å²) in [6.45, 7) is 4.49. The minimum absolute atomic E-state index is 0.0140. The largest absolute Gasteiger partial charge is 0.396 e. The van der Waals surface area contributed by atoms with Crippen molar-refractivity contribution >= 4 is 22.6 Å². The number of carbonyl (C=O) groups excluding carboxylic acids is 1. The Morgan fingerprint density at radius 3 is 2.71 bits per heavy atom. The van der Waals surface area contributed by atoms with E-state index in [2.05, 4.69) is 45.8 Å². The van der Waals surface area contributed by atoms with Crippen molar-refractivity contribution in [3.8, 4) is 0 Å². The number of hydrogen-bond donors (Lipinski definition) is 3. The lowest BCUT2D eigenvalue weighted by Crippen LogP contribution is -2.63. The van der Waals surface area contributed by atoms with Gasteiger partial charge in [-0.3, -0.25) is 14.4 Å². The molecule has 1 aliphatic carbocycles. The van der Waals surface area contributed by atoms with E-state index in [1.165, 1.54) is 18.4 Å². The third-order valence-electron chi connectivity index (χ3n) is 6.29. The highest BCUT2D eigenvalue weighted by Crippen LogP contribution is 2.29. The molecule has 7 nitrogen and oxygen atoms in total. The Bertz CT molecular complexity index is 835. The van der Waals surface area contributed by atoms with E-state index >= 15 is 0 Å². The molecule has 1 amide bonds. The molecule has 2 aromatic rings. The Balaban J connectivity index is 1.23. The number of nitrogens with one attached hydrogen (secondary N) is 2. The maximum atomic E-state index is 12.3. The van der Waals surface area contributed by atoms with E-state index in [0.29, 0.717) is 18.6 Å². The standard InChI is InChI=1S/C21H31N5O2/c1-14-3-8-19-18(9-14)21(24-25(19)2)22-10-20(28)23-16-11-26(12-16)17-6-4-15(13-27)5-7-17/h3,8-9,15-17,27H,4-7,10-13H2,1-2H3,(H,22,24)(H,23,28). The molecule has 0 bridgehead atoms. The predicted molar refractivity (Wildman–Crippen MR) is 110 cm³/mol. The van der Waals surface area contributed by atoms with Crippen LogP contribution in [0.15, 0.2) is 18.2 Å². The van der Waals surface area contributed by atoms with Crippen molar-refractivity contribution in [2.75, 3.05) is 31.6 Å².